The van der Waals surface area contributed by atoms with E-state index in [1.54, 1.807) is 16.0 Å². The van der Waals surface area contributed by atoms with E-state index in [1.165, 1.54) is 0 Å². The number of aliphatic hydroxyl groups is 1. The van der Waals surface area contributed by atoms with Gasteiger partial charge >= 0.3 is 0 Å². The highest BCUT2D eigenvalue weighted by Crippen LogP contribution is 2.15. The highest BCUT2D eigenvalue weighted by molar-refractivity contribution is 7.09. The molecule has 1 unspecified atom stereocenters. The van der Waals surface area contributed by atoms with Crippen molar-refractivity contribution in [3.05, 3.63) is 34.5 Å². The first kappa shape index (κ1) is 12.2. The zero-order valence-corrected chi connectivity index (χ0v) is 10.5. The number of nitrogens with one attached hydrogen (secondary N) is 1. The molecule has 0 saturated heterocycles. The van der Waals surface area contributed by atoms with Gasteiger partial charge in [-0.1, -0.05) is 0 Å². The Bertz CT molecular complexity index is 440. The van der Waals surface area contributed by atoms with Crippen molar-refractivity contribution in [3.8, 4) is 0 Å². The van der Waals surface area contributed by atoms with Crippen molar-refractivity contribution >= 4 is 11.3 Å². The molecule has 2 aromatic heterocycles. The van der Waals surface area contributed by atoms with Gasteiger partial charge in [0.15, 0.2) is 0 Å². The van der Waals surface area contributed by atoms with E-state index in [-0.39, 0.29) is 12.6 Å². The molecule has 0 spiro atoms. The van der Waals surface area contributed by atoms with Crippen molar-refractivity contribution in [1.82, 2.24) is 20.1 Å². The molecule has 2 heterocycles. The van der Waals surface area contributed by atoms with E-state index in [0.29, 0.717) is 6.54 Å². The standard InChI is InChI=1S/C11H16N4OS/c1-9(11-12-2-5-17-11)13-6-10-7-14-15(8-10)3-4-16/h2,5,7-9,13,16H,3-4,6H2,1H3. The van der Waals surface area contributed by atoms with Crippen LogP contribution in [0.25, 0.3) is 0 Å². The summed E-state index contributed by atoms with van der Waals surface area (Å²) in [7, 11) is 0. The average molecular weight is 252 g/mol. The minimum Gasteiger partial charge on any atom is -0.394 e. The van der Waals surface area contributed by atoms with Crippen molar-refractivity contribution in [3.63, 3.8) is 0 Å². The van der Waals surface area contributed by atoms with Crippen LogP contribution in [0.3, 0.4) is 0 Å². The maximum Gasteiger partial charge on any atom is 0.109 e. The number of aromatic nitrogens is 3. The van der Waals surface area contributed by atoms with Gasteiger partial charge in [-0.3, -0.25) is 4.68 Å². The maximum absolute atomic E-state index is 8.79. The first-order valence-electron chi connectivity index (χ1n) is 5.54. The summed E-state index contributed by atoms with van der Waals surface area (Å²) in [5, 5.41) is 19.4. The largest absolute Gasteiger partial charge is 0.394 e. The molecule has 5 nitrogen and oxygen atoms in total. The predicted octanol–water partition coefficient (Wildman–Crippen LogP) is 1.18. The lowest BCUT2D eigenvalue weighted by Crippen LogP contribution is -2.17. The van der Waals surface area contributed by atoms with Gasteiger partial charge in [0, 0.05) is 29.9 Å². The average Bonchev–Trinajstić information content (AvgIpc) is 2.97. The quantitative estimate of drug-likeness (QED) is 0.810. The normalized spacial score (nSPS) is 12.8. The molecule has 0 aliphatic carbocycles. The van der Waals surface area contributed by atoms with Crippen molar-refractivity contribution in [2.45, 2.75) is 26.1 Å². The molecule has 0 amide bonds. The zero-order valence-electron chi connectivity index (χ0n) is 9.71. The molecule has 0 aliphatic heterocycles. The van der Waals surface area contributed by atoms with Crippen LogP contribution in [-0.2, 0) is 13.1 Å². The smallest absolute Gasteiger partial charge is 0.109 e. The molecule has 0 aliphatic rings. The summed E-state index contributed by atoms with van der Waals surface area (Å²) in [6.45, 7) is 3.51. The van der Waals surface area contributed by atoms with Crippen molar-refractivity contribution in [2.24, 2.45) is 0 Å². The highest BCUT2D eigenvalue weighted by Gasteiger charge is 2.07. The Morgan fingerprint density at radius 1 is 1.59 bits per heavy atom. The van der Waals surface area contributed by atoms with Gasteiger partial charge in [0.25, 0.3) is 0 Å². The van der Waals surface area contributed by atoms with E-state index in [4.69, 9.17) is 5.11 Å². The fourth-order valence-electron chi connectivity index (χ4n) is 1.53. The molecule has 2 aromatic rings. The number of nitrogens with zero attached hydrogens (tertiary/aromatic N) is 3. The van der Waals surface area contributed by atoms with Crippen LogP contribution in [0, 0.1) is 0 Å². The summed E-state index contributed by atoms with van der Waals surface area (Å²) in [4.78, 5) is 4.27. The first-order chi connectivity index (χ1) is 8.29. The Morgan fingerprint density at radius 3 is 3.18 bits per heavy atom. The summed E-state index contributed by atoms with van der Waals surface area (Å²) >= 11 is 1.65. The molecule has 0 fully saturated rings. The summed E-state index contributed by atoms with van der Waals surface area (Å²) in [5.74, 6) is 0. The van der Waals surface area contributed by atoms with E-state index < -0.39 is 0 Å². The van der Waals surface area contributed by atoms with Gasteiger partial charge in [0.1, 0.15) is 5.01 Å². The third-order valence-electron chi connectivity index (χ3n) is 2.45. The highest BCUT2D eigenvalue weighted by atomic mass is 32.1. The molecule has 0 aromatic carbocycles. The van der Waals surface area contributed by atoms with E-state index in [1.807, 2.05) is 24.0 Å². The Kier molecular flexibility index (Phi) is 4.24. The van der Waals surface area contributed by atoms with Crippen molar-refractivity contribution < 1.29 is 5.11 Å². The Balaban J connectivity index is 1.84. The molecular formula is C11H16N4OS. The van der Waals surface area contributed by atoms with Crippen molar-refractivity contribution in [2.75, 3.05) is 6.61 Å². The lowest BCUT2D eigenvalue weighted by Gasteiger charge is -2.09. The fraction of sp³-hybridized carbons (Fsp3) is 0.455. The van der Waals surface area contributed by atoms with Crippen LogP contribution >= 0.6 is 11.3 Å². The summed E-state index contributed by atoms with van der Waals surface area (Å²) in [5.41, 5.74) is 1.11. The third-order valence-corrected chi connectivity index (χ3v) is 3.41. The summed E-state index contributed by atoms with van der Waals surface area (Å²) in [6.07, 6.45) is 5.58. The van der Waals surface area contributed by atoms with Gasteiger partial charge < -0.3 is 10.4 Å². The lowest BCUT2D eigenvalue weighted by atomic mass is 10.3. The summed E-state index contributed by atoms with van der Waals surface area (Å²) < 4.78 is 1.74. The van der Waals surface area contributed by atoms with Gasteiger partial charge in [-0.2, -0.15) is 5.10 Å². The molecule has 2 rings (SSSR count). The zero-order chi connectivity index (χ0) is 12.1. The van der Waals surface area contributed by atoms with Crippen LogP contribution < -0.4 is 5.32 Å². The van der Waals surface area contributed by atoms with Gasteiger partial charge in [0.2, 0.25) is 0 Å². The first-order valence-corrected chi connectivity index (χ1v) is 6.42. The molecule has 2 N–H and O–H groups in total. The topological polar surface area (TPSA) is 63.0 Å². The number of hydrogen-bond donors (Lipinski definition) is 2. The van der Waals surface area contributed by atoms with Crippen LogP contribution in [0.4, 0.5) is 0 Å². The number of hydrogen-bond acceptors (Lipinski definition) is 5. The second-order valence-corrected chi connectivity index (χ2v) is 4.73. The third kappa shape index (κ3) is 3.36. The lowest BCUT2D eigenvalue weighted by molar-refractivity contribution is 0.269. The predicted molar refractivity (Wildman–Crippen MR) is 66.7 cm³/mol. The molecule has 0 radical (unpaired) electrons. The molecular weight excluding hydrogens is 236 g/mol. The van der Waals surface area contributed by atoms with E-state index in [0.717, 1.165) is 17.1 Å². The minimum absolute atomic E-state index is 0.115. The molecule has 1 atom stereocenters. The van der Waals surface area contributed by atoms with Gasteiger partial charge in [-0.05, 0) is 6.92 Å². The van der Waals surface area contributed by atoms with Crippen LogP contribution in [0.15, 0.2) is 24.0 Å². The Labute approximate surface area is 104 Å². The Hall–Kier alpha value is -1.24. The number of aliphatic hydroxyl groups excluding tert-OH is 1. The fourth-order valence-corrected chi connectivity index (χ4v) is 2.20. The number of rotatable bonds is 6. The molecule has 6 heteroatoms. The second kappa shape index (κ2) is 5.90. The van der Waals surface area contributed by atoms with Crippen molar-refractivity contribution in [1.29, 1.82) is 0 Å². The second-order valence-electron chi connectivity index (χ2n) is 3.81. The molecule has 0 saturated carbocycles. The minimum atomic E-state index is 0.115. The van der Waals surface area contributed by atoms with E-state index in [9.17, 15) is 0 Å². The molecule has 92 valence electrons. The van der Waals surface area contributed by atoms with Crippen LogP contribution in [0.2, 0.25) is 0 Å². The number of thiazole rings is 1. The molecule has 0 bridgehead atoms. The summed E-state index contributed by atoms with van der Waals surface area (Å²) in [6, 6.07) is 0.246. The van der Waals surface area contributed by atoms with E-state index >= 15 is 0 Å². The van der Waals surface area contributed by atoms with Gasteiger partial charge in [-0.25, -0.2) is 4.98 Å². The van der Waals surface area contributed by atoms with Crippen LogP contribution in [0.1, 0.15) is 23.5 Å². The SMILES string of the molecule is CC(NCc1cnn(CCO)c1)c1nccs1. The van der Waals surface area contributed by atoms with E-state index in [2.05, 4.69) is 22.3 Å². The van der Waals surface area contributed by atoms with Gasteiger partial charge in [0.05, 0.1) is 25.4 Å². The maximum atomic E-state index is 8.79. The Morgan fingerprint density at radius 2 is 2.47 bits per heavy atom. The van der Waals surface area contributed by atoms with Crippen LogP contribution in [-0.4, -0.2) is 26.5 Å². The van der Waals surface area contributed by atoms with Gasteiger partial charge in [-0.15, -0.1) is 11.3 Å². The molecule has 17 heavy (non-hydrogen) atoms. The monoisotopic (exact) mass is 252 g/mol. The van der Waals surface area contributed by atoms with Crippen LogP contribution in [0.5, 0.6) is 0 Å².